The lowest BCUT2D eigenvalue weighted by Gasteiger charge is -2.03. The van der Waals surface area contributed by atoms with Crippen LogP contribution in [0.5, 0.6) is 5.75 Å². The Labute approximate surface area is 95.8 Å². The molecule has 4 heteroatoms. The summed E-state index contributed by atoms with van der Waals surface area (Å²) in [6.07, 6.45) is 1.73. The first-order chi connectivity index (χ1) is 7.76. The van der Waals surface area contributed by atoms with Gasteiger partial charge in [0.2, 0.25) is 0 Å². The predicted molar refractivity (Wildman–Crippen MR) is 66.5 cm³/mol. The maximum absolute atomic E-state index is 5.63. The Morgan fingerprint density at radius 1 is 1.50 bits per heavy atom. The zero-order chi connectivity index (χ0) is 11.8. The molecule has 3 N–H and O–H groups in total. The Hall–Kier alpha value is -1.97. The van der Waals surface area contributed by atoms with Crippen LogP contribution in [0.1, 0.15) is 5.56 Å². The van der Waals surface area contributed by atoms with Crippen molar-refractivity contribution in [2.75, 3.05) is 13.7 Å². The SMILES string of the molecule is C=CCNC(N)=NCc1ccc(OC)cc1. The molecule has 0 spiro atoms. The van der Waals surface area contributed by atoms with E-state index in [0.29, 0.717) is 19.0 Å². The number of nitrogens with one attached hydrogen (secondary N) is 1. The van der Waals surface area contributed by atoms with Crippen molar-refractivity contribution < 1.29 is 4.74 Å². The molecule has 0 aromatic heterocycles. The second kappa shape index (κ2) is 6.50. The van der Waals surface area contributed by atoms with Crippen LogP contribution in [0.2, 0.25) is 0 Å². The summed E-state index contributed by atoms with van der Waals surface area (Å²) in [5.41, 5.74) is 6.72. The molecule has 0 bridgehead atoms. The molecule has 0 amide bonds. The maximum atomic E-state index is 5.63. The highest BCUT2D eigenvalue weighted by Crippen LogP contribution is 2.11. The molecular formula is C12H17N3O. The highest BCUT2D eigenvalue weighted by molar-refractivity contribution is 5.77. The fourth-order valence-electron chi connectivity index (χ4n) is 1.14. The summed E-state index contributed by atoms with van der Waals surface area (Å²) < 4.78 is 5.06. The molecular weight excluding hydrogens is 202 g/mol. The molecule has 0 saturated carbocycles. The van der Waals surface area contributed by atoms with Gasteiger partial charge in [-0.25, -0.2) is 4.99 Å². The van der Waals surface area contributed by atoms with E-state index in [-0.39, 0.29) is 0 Å². The summed E-state index contributed by atoms with van der Waals surface area (Å²) in [6, 6.07) is 7.72. The molecule has 0 aliphatic carbocycles. The Balaban J connectivity index is 2.49. The van der Waals surface area contributed by atoms with Crippen molar-refractivity contribution in [3.8, 4) is 5.75 Å². The van der Waals surface area contributed by atoms with Gasteiger partial charge >= 0.3 is 0 Å². The molecule has 0 unspecified atom stereocenters. The highest BCUT2D eigenvalue weighted by atomic mass is 16.5. The molecule has 0 saturated heterocycles. The van der Waals surface area contributed by atoms with Crippen LogP contribution in [0.4, 0.5) is 0 Å². The van der Waals surface area contributed by atoms with Gasteiger partial charge in [0.25, 0.3) is 0 Å². The molecule has 0 fully saturated rings. The quantitative estimate of drug-likeness (QED) is 0.445. The van der Waals surface area contributed by atoms with E-state index in [1.165, 1.54) is 0 Å². The second-order valence-electron chi connectivity index (χ2n) is 3.22. The third-order valence-electron chi connectivity index (χ3n) is 2.02. The van der Waals surface area contributed by atoms with E-state index in [1.807, 2.05) is 24.3 Å². The van der Waals surface area contributed by atoms with E-state index in [4.69, 9.17) is 10.5 Å². The number of rotatable bonds is 5. The van der Waals surface area contributed by atoms with Gasteiger partial charge in [-0.1, -0.05) is 18.2 Å². The minimum absolute atomic E-state index is 0.427. The van der Waals surface area contributed by atoms with Crippen molar-refractivity contribution >= 4 is 5.96 Å². The normalized spacial score (nSPS) is 10.9. The molecule has 1 aromatic rings. The van der Waals surface area contributed by atoms with Crippen molar-refractivity contribution in [3.05, 3.63) is 42.5 Å². The fraction of sp³-hybridized carbons (Fsp3) is 0.250. The van der Waals surface area contributed by atoms with E-state index < -0.39 is 0 Å². The number of ether oxygens (including phenoxy) is 1. The molecule has 0 aliphatic rings. The Morgan fingerprint density at radius 3 is 2.75 bits per heavy atom. The van der Waals surface area contributed by atoms with Crippen molar-refractivity contribution in [3.63, 3.8) is 0 Å². The summed E-state index contributed by atoms with van der Waals surface area (Å²) in [7, 11) is 1.64. The van der Waals surface area contributed by atoms with E-state index in [1.54, 1.807) is 13.2 Å². The van der Waals surface area contributed by atoms with Crippen LogP contribution in [-0.2, 0) is 6.54 Å². The number of benzene rings is 1. The first kappa shape index (κ1) is 12.1. The maximum Gasteiger partial charge on any atom is 0.189 e. The lowest BCUT2D eigenvalue weighted by Crippen LogP contribution is -2.31. The molecule has 1 rings (SSSR count). The number of guanidine groups is 1. The summed E-state index contributed by atoms with van der Waals surface area (Å²) in [4.78, 5) is 4.18. The molecule has 0 radical (unpaired) electrons. The molecule has 0 heterocycles. The van der Waals surface area contributed by atoms with Crippen LogP contribution in [0, 0.1) is 0 Å². The number of nitrogens with zero attached hydrogens (tertiary/aromatic N) is 1. The van der Waals surface area contributed by atoms with Crippen molar-refractivity contribution in [2.45, 2.75) is 6.54 Å². The number of methoxy groups -OCH3 is 1. The monoisotopic (exact) mass is 219 g/mol. The van der Waals surface area contributed by atoms with E-state index in [9.17, 15) is 0 Å². The zero-order valence-electron chi connectivity index (χ0n) is 9.44. The summed E-state index contributed by atoms with van der Waals surface area (Å²) in [6.45, 7) is 4.76. The Morgan fingerprint density at radius 2 is 2.19 bits per heavy atom. The molecule has 4 nitrogen and oxygen atoms in total. The topological polar surface area (TPSA) is 59.6 Å². The summed E-state index contributed by atoms with van der Waals surface area (Å²) >= 11 is 0. The van der Waals surface area contributed by atoms with Crippen LogP contribution < -0.4 is 15.8 Å². The molecule has 16 heavy (non-hydrogen) atoms. The lowest BCUT2D eigenvalue weighted by atomic mass is 10.2. The predicted octanol–water partition coefficient (Wildman–Crippen LogP) is 1.29. The number of nitrogens with two attached hydrogens (primary N) is 1. The van der Waals surface area contributed by atoms with Crippen molar-refractivity contribution in [2.24, 2.45) is 10.7 Å². The van der Waals surface area contributed by atoms with Gasteiger partial charge in [-0.05, 0) is 17.7 Å². The van der Waals surface area contributed by atoms with Crippen molar-refractivity contribution in [1.29, 1.82) is 0 Å². The van der Waals surface area contributed by atoms with Gasteiger partial charge in [-0.2, -0.15) is 0 Å². The fourth-order valence-corrected chi connectivity index (χ4v) is 1.14. The largest absolute Gasteiger partial charge is 0.497 e. The van der Waals surface area contributed by atoms with Gasteiger partial charge < -0.3 is 15.8 Å². The summed E-state index contributed by atoms with van der Waals surface area (Å²) in [5, 5.41) is 2.91. The van der Waals surface area contributed by atoms with Gasteiger partial charge in [0, 0.05) is 6.54 Å². The Kier molecular flexibility index (Phi) is 4.92. The number of hydrogen-bond acceptors (Lipinski definition) is 2. The van der Waals surface area contributed by atoms with Crippen LogP contribution in [0.25, 0.3) is 0 Å². The first-order valence-corrected chi connectivity index (χ1v) is 5.04. The van der Waals surface area contributed by atoms with Crippen LogP contribution >= 0.6 is 0 Å². The van der Waals surface area contributed by atoms with Gasteiger partial charge in [0.1, 0.15) is 5.75 Å². The molecule has 86 valence electrons. The second-order valence-corrected chi connectivity index (χ2v) is 3.22. The standard InChI is InChI=1S/C12H17N3O/c1-3-8-14-12(13)15-9-10-4-6-11(16-2)7-5-10/h3-7H,1,8-9H2,2H3,(H3,13,14,15). The van der Waals surface area contributed by atoms with E-state index in [0.717, 1.165) is 11.3 Å². The summed E-state index contributed by atoms with van der Waals surface area (Å²) in [5.74, 6) is 1.27. The zero-order valence-corrected chi connectivity index (χ0v) is 9.44. The van der Waals surface area contributed by atoms with Gasteiger partial charge in [-0.3, -0.25) is 0 Å². The molecule has 0 atom stereocenters. The van der Waals surface area contributed by atoms with Crippen molar-refractivity contribution in [1.82, 2.24) is 5.32 Å². The van der Waals surface area contributed by atoms with E-state index in [2.05, 4.69) is 16.9 Å². The smallest absolute Gasteiger partial charge is 0.189 e. The minimum atomic E-state index is 0.427. The first-order valence-electron chi connectivity index (χ1n) is 5.04. The third-order valence-corrected chi connectivity index (χ3v) is 2.02. The van der Waals surface area contributed by atoms with Gasteiger partial charge in [0.05, 0.1) is 13.7 Å². The van der Waals surface area contributed by atoms with E-state index >= 15 is 0 Å². The number of hydrogen-bond donors (Lipinski definition) is 2. The minimum Gasteiger partial charge on any atom is -0.497 e. The molecule has 0 aliphatic heterocycles. The number of aliphatic imine (C=N–C) groups is 1. The van der Waals surface area contributed by atoms with Crippen LogP contribution in [0.15, 0.2) is 41.9 Å². The highest BCUT2D eigenvalue weighted by Gasteiger charge is 1.94. The average Bonchev–Trinajstić information content (AvgIpc) is 2.34. The average molecular weight is 219 g/mol. The Bertz CT molecular complexity index is 357. The molecule has 1 aromatic carbocycles. The van der Waals surface area contributed by atoms with Gasteiger partial charge in [-0.15, -0.1) is 6.58 Å². The lowest BCUT2D eigenvalue weighted by molar-refractivity contribution is 0.414. The van der Waals surface area contributed by atoms with Gasteiger partial charge in [0.15, 0.2) is 5.96 Å². The third kappa shape index (κ3) is 4.04. The van der Waals surface area contributed by atoms with Crippen LogP contribution in [0.3, 0.4) is 0 Å². The van der Waals surface area contributed by atoms with Crippen LogP contribution in [-0.4, -0.2) is 19.6 Å².